The van der Waals surface area contributed by atoms with E-state index in [1.165, 1.54) is 0 Å². The molecule has 2 heterocycles. The fourth-order valence-corrected chi connectivity index (χ4v) is 3.42. The second-order valence-corrected chi connectivity index (χ2v) is 7.73. The monoisotopic (exact) mass is 440 g/mol. The average Bonchev–Trinajstić information content (AvgIpc) is 3.34. The Labute approximate surface area is 191 Å². The molecule has 33 heavy (non-hydrogen) atoms. The predicted octanol–water partition coefficient (Wildman–Crippen LogP) is 3.70. The molecule has 0 radical (unpaired) electrons. The van der Waals surface area contributed by atoms with Crippen LogP contribution in [0.3, 0.4) is 0 Å². The Morgan fingerprint density at radius 1 is 0.939 bits per heavy atom. The molecule has 0 fully saturated rings. The zero-order valence-electron chi connectivity index (χ0n) is 18.2. The third-order valence-corrected chi connectivity index (χ3v) is 5.17. The summed E-state index contributed by atoms with van der Waals surface area (Å²) in [5, 5.41) is 9.61. The molecular formula is C26H24N4O3. The summed E-state index contributed by atoms with van der Waals surface area (Å²) < 4.78 is 5.38. The highest BCUT2D eigenvalue weighted by Crippen LogP contribution is 2.21. The van der Waals surface area contributed by atoms with E-state index in [1.807, 2.05) is 73.7 Å². The highest BCUT2D eigenvalue weighted by Gasteiger charge is 2.24. The first kappa shape index (κ1) is 22.0. The number of nitrogens with one attached hydrogen (secondary N) is 2. The fraction of sp³-hybridized carbons (Fsp3) is 0.154. The minimum absolute atomic E-state index is 0.117. The number of benzene rings is 2. The SMILES string of the molecule is Cc1cccc(-c2cc(C(=O)N[C@@H](Cc3ccccc3)C(=O)NCc3ccncc3)no2)c1. The molecule has 0 saturated carbocycles. The van der Waals surface area contributed by atoms with Gasteiger partial charge in [-0.05, 0) is 36.2 Å². The molecule has 0 unspecified atom stereocenters. The van der Waals surface area contributed by atoms with Crippen LogP contribution in [0, 0.1) is 6.92 Å². The molecule has 4 aromatic rings. The summed E-state index contributed by atoms with van der Waals surface area (Å²) in [6, 6.07) is 21.7. The summed E-state index contributed by atoms with van der Waals surface area (Å²) in [4.78, 5) is 29.9. The molecule has 0 spiro atoms. The molecular weight excluding hydrogens is 416 g/mol. The van der Waals surface area contributed by atoms with Gasteiger partial charge in [-0.1, -0.05) is 59.3 Å². The van der Waals surface area contributed by atoms with Gasteiger partial charge in [-0.15, -0.1) is 0 Å². The average molecular weight is 441 g/mol. The van der Waals surface area contributed by atoms with Crippen LogP contribution < -0.4 is 10.6 Å². The van der Waals surface area contributed by atoms with Crippen molar-refractivity contribution < 1.29 is 14.1 Å². The van der Waals surface area contributed by atoms with Gasteiger partial charge in [-0.25, -0.2) is 0 Å². The van der Waals surface area contributed by atoms with Gasteiger partial charge >= 0.3 is 0 Å². The van der Waals surface area contributed by atoms with Crippen LogP contribution in [0.15, 0.2) is 89.7 Å². The molecule has 0 aliphatic rings. The Kier molecular flexibility index (Phi) is 6.90. The van der Waals surface area contributed by atoms with Gasteiger partial charge < -0.3 is 15.2 Å². The molecule has 0 aliphatic carbocycles. The number of pyridine rings is 1. The van der Waals surface area contributed by atoms with E-state index < -0.39 is 11.9 Å². The van der Waals surface area contributed by atoms with Crippen LogP contribution in [0.5, 0.6) is 0 Å². The molecule has 0 aliphatic heterocycles. The van der Waals surface area contributed by atoms with E-state index >= 15 is 0 Å². The zero-order valence-corrected chi connectivity index (χ0v) is 18.2. The molecule has 7 heteroatoms. The van der Waals surface area contributed by atoms with Crippen LogP contribution in [0.1, 0.15) is 27.2 Å². The second kappa shape index (κ2) is 10.4. The molecule has 1 atom stereocenters. The Bertz CT molecular complexity index is 1220. The molecule has 2 N–H and O–H groups in total. The maximum atomic E-state index is 13.0. The number of carbonyl (C=O) groups excluding carboxylic acids is 2. The summed E-state index contributed by atoms with van der Waals surface area (Å²) in [5.41, 5.74) is 3.87. The molecule has 7 nitrogen and oxygen atoms in total. The molecule has 2 amide bonds. The van der Waals surface area contributed by atoms with Crippen molar-refractivity contribution in [3.63, 3.8) is 0 Å². The Morgan fingerprint density at radius 3 is 2.48 bits per heavy atom. The number of rotatable bonds is 8. The number of hydrogen-bond acceptors (Lipinski definition) is 5. The van der Waals surface area contributed by atoms with Crippen LogP contribution in [-0.2, 0) is 17.8 Å². The van der Waals surface area contributed by atoms with Gasteiger partial charge in [0.25, 0.3) is 5.91 Å². The van der Waals surface area contributed by atoms with Gasteiger partial charge in [0.1, 0.15) is 6.04 Å². The first-order chi connectivity index (χ1) is 16.1. The van der Waals surface area contributed by atoms with E-state index in [1.54, 1.807) is 18.5 Å². The van der Waals surface area contributed by atoms with Crippen molar-refractivity contribution in [1.29, 1.82) is 0 Å². The highest BCUT2D eigenvalue weighted by atomic mass is 16.5. The maximum absolute atomic E-state index is 13.0. The Hall–Kier alpha value is -4.26. The smallest absolute Gasteiger partial charge is 0.274 e. The summed E-state index contributed by atoms with van der Waals surface area (Å²) in [6.07, 6.45) is 3.68. The lowest BCUT2D eigenvalue weighted by atomic mass is 10.0. The van der Waals surface area contributed by atoms with Gasteiger partial charge in [0.05, 0.1) is 0 Å². The van der Waals surface area contributed by atoms with Gasteiger partial charge in [0.2, 0.25) is 5.91 Å². The predicted molar refractivity (Wildman–Crippen MR) is 124 cm³/mol. The fourth-order valence-electron chi connectivity index (χ4n) is 3.42. The summed E-state index contributed by atoms with van der Waals surface area (Å²) in [6.45, 7) is 2.32. The van der Waals surface area contributed by atoms with E-state index in [0.717, 1.165) is 22.3 Å². The van der Waals surface area contributed by atoms with Crippen molar-refractivity contribution in [3.05, 3.63) is 108 Å². The van der Waals surface area contributed by atoms with Gasteiger partial charge in [-0.2, -0.15) is 0 Å². The van der Waals surface area contributed by atoms with Crippen LogP contribution in [0.4, 0.5) is 0 Å². The van der Waals surface area contributed by atoms with E-state index in [2.05, 4.69) is 20.8 Å². The second-order valence-electron chi connectivity index (χ2n) is 7.73. The lowest BCUT2D eigenvalue weighted by molar-refractivity contribution is -0.123. The molecule has 2 aromatic carbocycles. The van der Waals surface area contributed by atoms with Crippen molar-refractivity contribution in [1.82, 2.24) is 20.8 Å². The van der Waals surface area contributed by atoms with Crippen LogP contribution >= 0.6 is 0 Å². The maximum Gasteiger partial charge on any atom is 0.274 e. The lowest BCUT2D eigenvalue weighted by Gasteiger charge is -2.18. The first-order valence-corrected chi connectivity index (χ1v) is 10.6. The normalized spacial score (nSPS) is 11.5. The van der Waals surface area contributed by atoms with Crippen molar-refractivity contribution in [2.75, 3.05) is 0 Å². The number of carbonyl (C=O) groups is 2. The summed E-state index contributed by atoms with van der Waals surface area (Å²) in [7, 11) is 0. The lowest BCUT2D eigenvalue weighted by Crippen LogP contribution is -2.47. The Morgan fingerprint density at radius 2 is 1.73 bits per heavy atom. The van der Waals surface area contributed by atoms with Crippen LogP contribution in [0.2, 0.25) is 0 Å². The van der Waals surface area contributed by atoms with E-state index in [4.69, 9.17) is 4.52 Å². The molecule has 166 valence electrons. The van der Waals surface area contributed by atoms with Crippen molar-refractivity contribution in [2.45, 2.75) is 25.9 Å². The molecule has 0 bridgehead atoms. The summed E-state index contributed by atoms with van der Waals surface area (Å²) >= 11 is 0. The number of aryl methyl sites for hydroxylation is 1. The molecule has 0 saturated heterocycles. The largest absolute Gasteiger partial charge is 0.355 e. The van der Waals surface area contributed by atoms with E-state index in [9.17, 15) is 9.59 Å². The van der Waals surface area contributed by atoms with Crippen molar-refractivity contribution >= 4 is 11.8 Å². The topological polar surface area (TPSA) is 97.1 Å². The molecule has 2 aromatic heterocycles. The third kappa shape index (κ3) is 5.92. The quantitative estimate of drug-likeness (QED) is 0.435. The number of amides is 2. The van der Waals surface area contributed by atoms with Gasteiger partial charge in [0, 0.05) is 37.0 Å². The van der Waals surface area contributed by atoms with Crippen LogP contribution in [-0.4, -0.2) is 28.0 Å². The van der Waals surface area contributed by atoms with Gasteiger partial charge in [0.15, 0.2) is 11.5 Å². The zero-order chi connectivity index (χ0) is 23.0. The number of nitrogens with zero attached hydrogens (tertiary/aromatic N) is 2. The minimum Gasteiger partial charge on any atom is -0.355 e. The highest BCUT2D eigenvalue weighted by molar-refractivity contribution is 5.96. The van der Waals surface area contributed by atoms with E-state index in [-0.39, 0.29) is 11.6 Å². The van der Waals surface area contributed by atoms with Crippen molar-refractivity contribution in [3.8, 4) is 11.3 Å². The number of aromatic nitrogens is 2. The van der Waals surface area contributed by atoms with Crippen LogP contribution in [0.25, 0.3) is 11.3 Å². The molecule has 4 rings (SSSR count). The third-order valence-electron chi connectivity index (χ3n) is 5.17. The number of hydrogen-bond donors (Lipinski definition) is 2. The minimum atomic E-state index is -0.777. The standard InChI is InChI=1S/C26H24N4O3/c1-18-6-5-9-21(14-18)24-16-23(30-33-24)26(32)29-22(15-19-7-3-2-4-8-19)25(31)28-17-20-10-12-27-13-11-20/h2-14,16,22H,15,17H2,1H3,(H,28,31)(H,29,32)/t22-/m0/s1. The first-order valence-electron chi connectivity index (χ1n) is 10.6. The Balaban J connectivity index is 1.48. The summed E-state index contributed by atoms with van der Waals surface area (Å²) in [5.74, 6) is -0.269. The van der Waals surface area contributed by atoms with E-state index in [0.29, 0.717) is 18.7 Å². The van der Waals surface area contributed by atoms with Crippen molar-refractivity contribution in [2.24, 2.45) is 0 Å². The van der Waals surface area contributed by atoms with Gasteiger partial charge in [-0.3, -0.25) is 14.6 Å².